The molecule has 39 heavy (non-hydrogen) atoms. The van der Waals surface area contributed by atoms with Crippen molar-refractivity contribution in [3.63, 3.8) is 0 Å². The number of esters is 2. The van der Waals surface area contributed by atoms with Crippen LogP contribution in [0.3, 0.4) is 0 Å². The van der Waals surface area contributed by atoms with Gasteiger partial charge < -0.3 is 13.9 Å². The number of rotatable bonds is 6. The molecule has 0 saturated heterocycles. The molecule has 1 atom stereocenters. The van der Waals surface area contributed by atoms with Crippen molar-refractivity contribution in [2.24, 2.45) is 4.99 Å². The van der Waals surface area contributed by atoms with Gasteiger partial charge in [-0.15, -0.1) is 0 Å². The third kappa shape index (κ3) is 5.10. The van der Waals surface area contributed by atoms with E-state index in [2.05, 4.69) is 4.99 Å². The van der Waals surface area contributed by atoms with E-state index in [1.54, 1.807) is 80.6 Å². The molecule has 4 aromatic rings. The van der Waals surface area contributed by atoms with Crippen molar-refractivity contribution in [1.82, 2.24) is 4.57 Å². The fraction of sp³-hybridized carbons (Fsp3) is 0.172. The first-order valence-electron chi connectivity index (χ1n) is 12.0. The normalized spacial score (nSPS) is 15.1. The van der Waals surface area contributed by atoms with Crippen LogP contribution in [0.5, 0.6) is 0 Å². The van der Waals surface area contributed by atoms with Gasteiger partial charge >= 0.3 is 11.9 Å². The molecular formula is C29H23ClN2O6S. The number of furan rings is 1. The highest BCUT2D eigenvalue weighted by Gasteiger charge is 2.33. The summed E-state index contributed by atoms with van der Waals surface area (Å²) in [5, 5.41) is 0.540. The van der Waals surface area contributed by atoms with E-state index in [1.807, 2.05) is 0 Å². The van der Waals surface area contributed by atoms with Crippen molar-refractivity contribution in [2.75, 3.05) is 13.7 Å². The molecule has 1 aliphatic rings. The SMILES string of the molecule is CCOC(=O)C1=C(C)N=c2sc(=Cc3ccc(-c4ccc(C(=O)OC)cc4)o3)c(=O)n2[C@@H]1c1ccc(Cl)cc1. The minimum atomic E-state index is -0.722. The molecule has 0 bridgehead atoms. The Kier molecular flexibility index (Phi) is 7.36. The molecule has 0 radical (unpaired) electrons. The van der Waals surface area contributed by atoms with Gasteiger partial charge in [0.2, 0.25) is 0 Å². The lowest BCUT2D eigenvalue weighted by atomic mass is 9.96. The summed E-state index contributed by atoms with van der Waals surface area (Å²) in [6, 6.07) is 16.6. The number of fused-ring (bicyclic) bond motifs is 1. The number of ether oxygens (including phenoxy) is 2. The molecule has 0 amide bonds. The Balaban J connectivity index is 1.57. The summed E-state index contributed by atoms with van der Waals surface area (Å²) in [6.07, 6.45) is 1.65. The van der Waals surface area contributed by atoms with Crippen LogP contribution in [-0.2, 0) is 14.3 Å². The zero-order chi connectivity index (χ0) is 27.7. The molecule has 10 heteroatoms. The number of methoxy groups -OCH3 is 1. The van der Waals surface area contributed by atoms with Crippen LogP contribution in [0, 0.1) is 0 Å². The Hall–Kier alpha value is -4.21. The molecule has 2 aromatic carbocycles. The lowest BCUT2D eigenvalue weighted by Crippen LogP contribution is -2.39. The smallest absolute Gasteiger partial charge is 0.338 e. The quantitative estimate of drug-likeness (QED) is 0.321. The van der Waals surface area contributed by atoms with E-state index < -0.39 is 18.0 Å². The summed E-state index contributed by atoms with van der Waals surface area (Å²) in [7, 11) is 1.33. The van der Waals surface area contributed by atoms with Gasteiger partial charge in [0.1, 0.15) is 11.5 Å². The fourth-order valence-electron chi connectivity index (χ4n) is 4.36. The molecule has 0 spiro atoms. The number of nitrogens with zero attached hydrogens (tertiary/aromatic N) is 2. The van der Waals surface area contributed by atoms with E-state index in [0.717, 1.165) is 5.56 Å². The van der Waals surface area contributed by atoms with Gasteiger partial charge in [0.05, 0.1) is 41.1 Å². The maximum Gasteiger partial charge on any atom is 0.338 e. The number of aromatic nitrogens is 1. The summed E-state index contributed by atoms with van der Waals surface area (Å²) in [6.45, 7) is 3.65. The molecule has 0 saturated carbocycles. The number of carbonyl (C=O) groups excluding carboxylic acids is 2. The largest absolute Gasteiger partial charge is 0.465 e. The second-order valence-electron chi connectivity index (χ2n) is 8.62. The first-order valence-corrected chi connectivity index (χ1v) is 13.2. The van der Waals surface area contributed by atoms with E-state index in [0.29, 0.717) is 48.3 Å². The van der Waals surface area contributed by atoms with Crippen LogP contribution in [0.25, 0.3) is 17.4 Å². The highest BCUT2D eigenvalue weighted by molar-refractivity contribution is 7.07. The molecule has 2 aromatic heterocycles. The Labute approximate surface area is 232 Å². The van der Waals surface area contributed by atoms with Gasteiger partial charge in [0, 0.05) is 16.7 Å². The molecule has 0 fully saturated rings. The zero-order valence-electron chi connectivity index (χ0n) is 21.3. The van der Waals surface area contributed by atoms with Crippen LogP contribution in [-0.4, -0.2) is 30.2 Å². The molecule has 0 aliphatic carbocycles. The number of halogens is 1. The van der Waals surface area contributed by atoms with Gasteiger partial charge in [0.15, 0.2) is 4.80 Å². The summed E-state index contributed by atoms with van der Waals surface area (Å²) in [5.41, 5.74) is 2.38. The van der Waals surface area contributed by atoms with Crippen LogP contribution < -0.4 is 14.9 Å². The Morgan fingerprint density at radius 1 is 1.08 bits per heavy atom. The number of hydrogen-bond acceptors (Lipinski definition) is 8. The number of allylic oxidation sites excluding steroid dienone is 1. The molecule has 198 valence electrons. The minimum absolute atomic E-state index is 0.194. The lowest BCUT2D eigenvalue weighted by molar-refractivity contribution is -0.139. The fourth-order valence-corrected chi connectivity index (χ4v) is 5.51. The molecule has 5 rings (SSSR count). The first kappa shape index (κ1) is 26.4. The Bertz CT molecular complexity index is 1780. The van der Waals surface area contributed by atoms with Crippen LogP contribution in [0.4, 0.5) is 0 Å². The summed E-state index contributed by atoms with van der Waals surface area (Å²) >= 11 is 7.31. The van der Waals surface area contributed by atoms with E-state index in [9.17, 15) is 14.4 Å². The first-order chi connectivity index (χ1) is 18.8. The van der Waals surface area contributed by atoms with Gasteiger partial charge in [-0.1, -0.05) is 47.2 Å². The van der Waals surface area contributed by atoms with Crippen molar-refractivity contribution in [1.29, 1.82) is 0 Å². The topological polar surface area (TPSA) is 100 Å². The van der Waals surface area contributed by atoms with Gasteiger partial charge in [-0.25, -0.2) is 14.6 Å². The second kappa shape index (κ2) is 10.9. The van der Waals surface area contributed by atoms with Crippen molar-refractivity contribution in [3.8, 4) is 11.3 Å². The predicted molar refractivity (Wildman–Crippen MR) is 147 cm³/mol. The maximum atomic E-state index is 13.7. The lowest BCUT2D eigenvalue weighted by Gasteiger charge is -2.24. The van der Waals surface area contributed by atoms with E-state index in [4.69, 9.17) is 25.5 Å². The standard InChI is InChI=1S/C29H23ClN2O6S/c1-4-37-28(35)24-16(2)31-29-32(25(24)18-9-11-20(30)12-10-18)26(33)23(39-29)15-21-13-14-22(38-21)17-5-7-19(8-6-17)27(34)36-3/h5-15,25H,4H2,1-3H3/t25-/m1/s1. The molecule has 3 heterocycles. The molecule has 1 aliphatic heterocycles. The molecule has 0 N–H and O–H groups in total. The third-order valence-electron chi connectivity index (χ3n) is 6.19. The third-order valence-corrected chi connectivity index (χ3v) is 7.43. The number of thiazole rings is 1. The van der Waals surface area contributed by atoms with E-state index >= 15 is 0 Å². The van der Waals surface area contributed by atoms with Crippen LogP contribution in [0.15, 0.2) is 86.1 Å². The maximum absolute atomic E-state index is 13.7. The number of carbonyl (C=O) groups is 2. The van der Waals surface area contributed by atoms with Crippen molar-refractivity contribution < 1.29 is 23.5 Å². The van der Waals surface area contributed by atoms with Crippen molar-refractivity contribution >= 4 is 41.0 Å². The van der Waals surface area contributed by atoms with E-state index in [1.165, 1.54) is 23.0 Å². The summed E-state index contributed by atoms with van der Waals surface area (Å²) in [5.74, 6) is 0.0961. The van der Waals surface area contributed by atoms with Crippen LogP contribution in [0.2, 0.25) is 5.02 Å². The van der Waals surface area contributed by atoms with Gasteiger partial charge in [0.25, 0.3) is 5.56 Å². The molecular weight excluding hydrogens is 540 g/mol. The van der Waals surface area contributed by atoms with Gasteiger partial charge in [-0.3, -0.25) is 9.36 Å². The number of hydrogen-bond donors (Lipinski definition) is 0. The highest BCUT2D eigenvalue weighted by Crippen LogP contribution is 2.31. The highest BCUT2D eigenvalue weighted by atomic mass is 35.5. The zero-order valence-corrected chi connectivity index (χ0v) is 22.8. The van der Waals surface area contributed by atoms with Gasteiger partial charge in [-0.05, 0) is 55.8 Å². The minimum Gasteiger partial charge on any atom is -0.465 e. The van der Waals surface area contributed by atoms with Gasteiger partial charge in [-0.2, -0.15) is 0 Å². The Morgan fingerprint density at radius 2 is 1.79 bits per heavy atom. The summed E-state index contributed by atoms with van der Waals surface area (Å²) < 4.78 is 17.9. The summed E-state index contributed by atoms with van der Waals surface area (Å²) in [4.78, 5) is 43.4. The number of benzene rings is 2. The second-order valence-corrected chi connectivity index (χ2v) is 10.1. The van der Waals surface area contributed by atoms with E-state index in [-0.39, 0.29) is 12.2 Å². The molecule has 8 nitrogen and oxygen atoms in total. The van der Waals surface area contributed by atoms with Crippen molar-refractivity contribution in [3.05, 3.63) is 114 Å². The van der Waals surface area contributed by atoms with Crippen LogP contribution in [0.1, 0.15) is 41.6 Å². The Morgan fingerprint density at radius 3 is 2.46 bits per heavy atom. The van der Waals surface area contributed by atoms with Crippen molar-refractivity contribution in [2.45, 2.75) is 19.9 Å². The molecule has 0 unspecified atom stereocenters. The average Bonchev–Trinajstić information content (AvgIpc) is 3.52. The van der Waals surface area contributed by atoms with Crippen LogP contribution >= 0.6 is 22.9 Å². The average molecular weight is 563 g/mol. The monoisotopic (exact) mass is 562 g/mol. The predicted octanol–water partition coefficient (Wildman–Crippen LogP) is 4.50.